The van der Waals surface area contributed by atoms with E-state index < -0.39 is 12.2 Å². The Morgan fingerprint density at radius 1 is 1.31 bits per heavy atom. The Bertz CT molecular complexity index is 345. The summed E-state index contributed by atoms with van der Waals surface area (Å²) in [4.78, 5) is 0. The van der Waals surface area contributed by atoms with E-state index in [1.807, 2.05) is 0 Å². The van der Waals surface area contributed by atoms with Crippen molar-refractivity contribution >= 4 is 0 Å². The van der Waals surface area contributed by atoms with Crippen molar-refractivity contribution in [2.75, 3.05) is 6.61 Å². The Balaban J connectivity index is 2.74. The molecule has 0 bridgehead atoms. The molecule has 0 spiro atoms. The van der Waals surface area contributed by atoms with Gasteiger partial charge in [0, 0.05) is 0 Å². The molecule has 0 aliphatic heterocycles. The Kier molecular flexibility index (Phi) is 3.95. The number of halogens is 3. The largest absolute Gasteiger partial charge is 0.490 e. The summed E-state index contributed by atoms with van der Waals surface area (Å²) in [5.74, 6) is 0.484. The van der Waals surface area contributed by atoms with Crippen LogP contribution in [0.2, 0.25) is 0 Å². The number of benzene rings is 1. The van der Waals surface area contributed by atoms with E-state index in [-0.39, 0.29) is 5.56 Å². The minimum Gasteiger partial charge on any atom is -0.490 e. The van der Waals surface area contributed by atoms with E-state index in [0.29, 0.717) is 12.4 Å². The average molecular weight is 231 g/mol. The molecule has 16 heavy (non-hydrogen) atoms. The molecule has 1 rings (SSSR count). The zero-order valence-electron chi connectivity index (χ0n) is 8.50. The molecule has 5 heteroatoms. The average Bonchev–Trinajstić information content (AvgIpc) is 2.25. The van der Waals surface area contributed by atoms with Gasteiger partial charge in [-0.1, -0.05) is 24.8 Å². The van der Waals surface area contributed by atoms with Gasteiger partial charge in [-0.3, -0.25) is 0 Å². The van der Waals surface area contributed by atoms with Gasteiger partial charge < -0.3 is 10.5 Å². The van der Waals surface area contributed by atoms with E-state index in [0.717, 1.165) is 0 Å². The Labute approximate surface area is 91.5 Å². The van der Waals surface area contributed by atoms with Crippen LogP contribution in [0.15, 0.2) is 36.9 Å². The van der Waals surface area contributed by atoms with E-state index >= 15 is 0 Å². The molecular weight excluding hydrogens is 219 g/mol. The Morgan fingerprint density at radius 3 is 2.31 bits per heavy atom. The molecule has 1 atom stereocenters. The molecule has 0 aliphatic rings. The molecule has 2 nitrogen and oxygen atoms in total. The lowest BCUT2D eigenvalue weighted by atomic mass is 10.1. The van der Waals surface area contributed by atoms with E-state index in [2.05, 4.69) is 6.58 Å². The Hall–Kier alpha value is -1.49. The second-order valence-electron chi connectivity index (χ2n) is 3.19. The van der Waals surface area contributed by atoms with E-state index in [1.165, 1.54) is 24.3 Å². The molecule has 0 aliphatic carbocycles. The first kappa shape index (κ1) is 12.6. The minimum atomic E-state index is -4.43. The van der Waals surface area contributed by atoms with Crippen molar-refractivity contribution in [2.45, 2.75) is 12.2 Å². The Morgan fingerprint density at radius 2 is 1.88 bits per heavy atom. The number of alkyl halides is 3. The molecular formula is C11H12F3NO. The molecule has 0 radical (unpaired) electrons. The third-order valence-corrected chi connectivity index (χ3v) is 1.96. The maximum atomic E-state index is 12.3. The van der Waals surface area contributed by atoms with Crippen LogP contribution >= 0.6 is 0 Å². The maximum absolute atomic E-state index is 12.3. The lowest BCUT2D eigenvalue weighted by Crippen LogP contribution is -2.28. The number of ether oxygens (including phenoxy) is 1. The van der Waals surface area contributed by atoms with Crippen LogP contribution in [-0.4, -0.2) is 12.8 Å². The fourth-order valence-corrected chi connectivity index (χ4v) is 1.12. The molecule has 1 aromatic carbocycles. The summed E-state index contributed by atoms with van der Waals surface area (Å²) in [5.41, 5.74) is 5.05. The molecule has 0 saturated carbocycles. The number of nitrogens with two attached hydrogens (primary N) is 1. The van der Waals surface area contributed by atoms with Crippen molar-refractivity contribution in [3.8, 4) is 5.75 Å². The van der Waals surface area contributed by atoms with Crippen molar-refractivity contribution in [1.29, 1.82) is 0 Å². The van der Waals surface area contributed by atoms with Crippen molar-refractivity contribution in [3.05, 3.63) is 42.5 Å². The highest BCUT2D eigenvalue weighted by Gasteiger charge is 2.37. The quantitative estimate of drug-likeness (QED) is 0.809. The second kappa shape index (κ2) is 5.03. The number of rotatable bonds is 4. The van der Waals surface area contributed by atoms with Crippen LogP contribution < -0.4 is 10.5 Å². The standard InChI is InChI=1S/C11H12F3NO/c1-2-7-16-9-5-3-8(4-6-9)10(15)11(12,13)14/h2-6,10H,1,7,15H2/t10-/m1/s1. The van der Waals surface area contributed by atoms with Gasteiger partial charge in [0.1, 0.15) is 18.4 Å². The molecule has 0 unspecified atom stereocenters. The molecule has 2 N–H and O–H groups in total. The summed E-state index contributed by atoms with van der Waals surface area (Å²) in [6, 6.07) is 3.54. The van der Waals surface area contributed by atoms with Crippen LogP contribution in [0.3, 0.4) is 0 Å². The fourth-order valence-electron chi connectivity index (χ4n) is 1.12. The van der Waals surface area contributed by atoms with Gasteiger partial charge >= 0.3 is 6.18 Å². The van der Waals surface area contributed by atoms with Gasteiger partial charge in [0.15, 0.2) is 0 Å². The fraction of sp³-hybridized carbons (Fsp3) is 0.273. The SMILES string of the molecule is C=CCOc1ccc([C@@H](N)C(F)(F)F)cc1. The third kappa shape index (κ3) is 3.27. The molecule has 1 aromatic rings. The number of hydrogen-bond donors (Lipinski definition) is 1. The van der Waals surface area contributed by atoms with Crippen LogP contribution in [0.5, 0.6) is 5.75 Å². The summed E-state index contributed by atoms with van der Waals surface area (Å²) in [6.07, 6.45) is -2.88. The minimum absolute atomic E-state index is 0.0125. The normalized spacial score (nSPS) is 13.2. The summed E-state index contributed by atoms with van der Waals surface area (Å²) in [7, 11) is 0. The third-order valence-electron chi connectivity index (χ3n) is 1.96. The first-order valence-electron chi connectivity index (χ1n) is 4.61. The summed E-state index contributed by atoms with van der Waals surface area (Å²) in [5, 5.41) is 0. The zero-order chi connectivity index (χ0) is 12.2. The summed E-state index contributed by atoms with van der Waals surface area (Å²) >= 11 is 0. The summed E-state index contributed by atoms with van der Waals surface area (Å²) in [6.45, 7) is 3.77. The predicted octanol–water partition coefficient (Wildman–Crippen LogP) is 2.81. The maximum Gasteiger partial charge on any atom is 0.407 e. The first-order valence-corrected chi connectivity index (χ1v) is 4.61. The van der Waals surface area contributed by atoms with Crippen LogP contribution in [0.4, 0.5) is 13.2 Å². The van der Waals surface area contributed by atoms with Crippen LogP contribution in [0, 0.1) is 0 Å². The molecule has 0 heterocycles. The molecule has 0 amide bonds. The van der Waals surface area contributed by atoms with E-state index in [4.69, 9.17) is 10.5 Å². The second-order valence-corrected chi connectivity index (χ2v) is 3.19. The van der Waals surface area contributed by atoms with Gasteiger partial charge in [0.2, 0.25) is 0 Å². The van der Waals surface area contributed by atoms with Gasteiger partial charge in [-0.15, -0.1) is 0 Å². The van der Waals surface area contributed by atoms with Crippen LogP contribution in [0.1, 0.15) is 11.6 Å². The van der Waals surface area contributed by atoms with Crippen molar-refractivity contribution in [1.82, 2.24) is 0 Å². The van der Waals surface area contributed by atoms with E-state index in [1.54, 1.807) is 6.08 Å². The molecule has 0 saturated heterocycles. The van der Waals surface area contributed by atoms with Gasteiger partial charge in [-0.05, 0) is 17.7 Å². The van der Waals surface area contributed by atoms with Crippen molar-refractivity contribution in [3.63, 3.8) is 0 Å². The van der Waals surface area contributed by atoms with Crippen molar-refractivity contribution in [2.24, 2.45) is 5.73 Å². The first-order chi connectivity index (χ1) is 7.45. The highest BCUT2D eigenvalue weighted by molar-refractivity contribution is 5.29. The van der Waals surface area contributed by atoms with Gasteiger partial charge in [-0.25, -0.2) is 0 Å². The van der Waals surface area contributed by atoms with Crippen LogP contribution in [-0.2, 0) is 0 Å². The predicted molar refractivity (Wildman–Crippen MR) is 55.1 cm³/mol. The highest BCUT2D eigenvalue weighted by Crippen LogP contribution is 2.31. The molecule has 0 fully saturated rings. The van der Waals surface area contributed by atoms with E-state index in [9.17, 15) is 13.2 Å². The zero-order valence-corrected chi connectivity index (χ0v) is 8.50. The van der Waals surface area contributed by atoms with Crippen LogP contribution in [0.25, 0.3) is 0 Å². The molecule has 0 aromatic heterocycles. The lowest BCUT2D eigenvalue weighted by molar-refractivity contribution is -0.149. The van der Waals surface area contributed by atoms with Crippen molar-refractivity contribution < 1.29 is 17.9 Å². The topological polar surface area (TPSA) is 35.2 Å². The lowest BCUT2D eigenvalue weighted by Gasteiger charge is -2.16. The molecule has 88 valence electrons. The van der Waals surface area contributed by atoms with Gasteiger partial charge in [-0.2, -0.15) is 13.2 Å². The van der Waals surface area contributed by atoms with Gasteiger partial charge in [0.25, 0.3) is 0 Å². The smallest absolute Gasteiger partial charge is 0.407 e. The monoisotopic (exact) mass is 231 g/mol. The van der Waals surface area contributed by atoms with Gasteiger partial charge in [0.05, 0.1) is 0 Å². The summed E-state index contributed by atoms with van der Waals surface area (Å²) < 4.78 is 41.9. The number of hydrogen-bond acceptors (Lipinski definition) is 2. The highest BCUT2D eigenvalue weighted by atomic mass is 19.4.